The van der Waals surface area contributed by atoms with E-state index in [-0.39, 0.29) is 28.5 Å². The van der Waals surface area contributed by atoms with Gasteiger partial charge in [-0.15, -0.1) is 0 Å². The van der Waals surface area contributed by atoms with Gasteiger partial charge in [-0.25, -0.2) is 0 Å². The van der Waals surface area contributed by atoms with E-state index in [0.717, 1.165) is 0 Å². The van der Waals surface area contributed by atoms with Crippen molar-refractivity contribution in [1.29, 1.82) is 0 Å². The van der Waals surface area contributed by atoms with Gasteiger partial charge in [-0.2, -0.15) is 13.2 Å². The molecule has 1 aliphatic heterocycles. The summed E-state index contributed by atoms with van der Waals surface area (Å²) in [7, 11) is 1.51. The highest BCUT2D eigenvalue weighted by atomic mass is 35.5. The van der Waals surface area contributed by atoms with E-state index in [1.807, 2.05) is 0 Å². The zero-order valence-electron chi connectivity index (χ0n) is 13.9. The molecule has 27 heavy (non-hydrogen) atoms. The molecule has 2 aromatic rings. The van der Waals surface area contributed by atoms with Crippen LogP contribution in [0.5, 0.6) is 23.0 Å². The number of ether oxygens (including phenoxy) is 3. The molecule has 0 bridgehead atoms. The standard InChI is InChI=1S/C18H14ClF3O5/c1-25-10-2-4-11(5-3-10)26-15-8-14-9(7-13(15)19)6-12(17(23)24)16(27-14)18(20,21)22/h2-5,7-8,12,16H,6H2,1H3,(H,23,24). The van der Waals surface area contributed by atoms with E-state index in [9.17, 15) is 18.0 Å². The third-order valence-electron chi connectivity index (χ3n) is 4.10. The predicted octanol–water partition coefficient (Wildman–Crippen LogP) is 4.71. The molecular weight excluding hydrogens is 389 g/mol. The highest BCUT2D eigenvalue weighted by Crippen LogP contribution is 2.43. The summed E-state index contributed by atoms with van der Waals surface area (Å²) in [5, 5.41) is 9.24. The maximum atomic E-state index is 13.2. The van der Waals surface area contributed by atoms with E-state index in [0.29, 0.717) is 11.5 Å². The summed E-state index contributed by atoms with van der Waals surface area (Å²) in [5.41, 5.74) is 0.273. The first-order valence-corrected chi connectivity index (χ1v) is 8.17. The van der Waals surface area contributed by atoms with E-state index in [1.54, 1.807) is 24.3 Å². The Kier molecular flexibility index (Phi) is 5.10. The molecule has 1 heterocycles. The number of hydrogen-bond acceptors (Lipinski definition) is 4. The lowest BCUT2D eigenvalue weighted by Gasteiger charge is -2.32. The van der Waals surface area contributed by atoms with Crippen LogP contribution in [0.25, 0.3) is 0 Å². The summed E-state index contributed by atoms with van der Waals surface area (Å²) < 4.78 is 55.2. The topological polar surface area (TPSA) is 65.0 Å². The molecule has 1 N–H and O–H groups in total. The minimum atomic E-state index is -4.82. The van der Waals surface area contributed by atoms with E-state index >= 15 is 0 Å². The van der Waals surface area contributed by atoms with Crippen LogP contribution in [-0.2, 0) is 11.2 Å². The summed E-state index contributed by atoms with van der Waals surface area (Å²) in [6.07, 6.45) is -7.62. The number of benzene rings is 2. The van der Waals surface area contributed by atoms with Crippen molar-refractivity contribution in [3.63, 3.8) is 0 Å². The number of carbonyl (C=O) groups is 1. The first kappa shape index (κ1) is 19.2. The van der Waals surface area contributed by atoms with Gasteiger partial charge >= 0.3 is 12.1 Å². The first-order valence-electron chi connectivity index (χ1n) is 7.79. The average Bonchev–Trinajstić information content (AvgIpc) is 2.61. The molecular formula is C18H14ClF3O5. The van der Waals surface area contributed by atoms with Gasteiger partial charge in [0.25, 0.3) is 0 Å². The largest absolute Gasteiger partial charge is 0.497 e. The van der Waals surface area contributed by atoms with Crippen molar-refractivity contribution in [3.8, 4) is 23.0 Å². The number of alkyl halides is 3. The third-order valence-corrected chi connectivity index (χ3v) is 4.40. The van der Waals surface area contributed by atoms with Crippen LogP contribution in [0, 0.1) is 5.92 Å². The van der Waals surface area contributed by atoms with Gasteiger partial charge in [-0.1, -0.05) is 11.6 Å². The number of carboxylic acid groups (broad SMARTS) is 1. The van der Waals surface area contributed by atoms with Crippen molar-refractivity contribution >= 4 is 17.6 Å². The highest BCUT2D eigenvalue weighted by Gasteiger charge is 2.52. The summed E-state index contributed by atoms with van der Waals surface area (Å²) in [4.78, 5) is 11.2. The molecule has 0 fully saturated rings. The van der Waals surface area contributed by atoms with Crippen LogP contribution in [0.3, 0.4) is 0 Å². The molecule has 5 nitrogen and oxygen atoms in total. The number of aliphatic carboxylic acids is 1. The molecule has 144 valence electrons. The summed E-state index contributed by atoms with van der Waals surface area (Å²) in [6, 6.07) is 9.10. The quantitative estimate of drug-likeness (QED) is 0.802. The van der Waals surface area contributed by atoms with Crippen LogP contribution in [-0.4, -0.2) is 30.5 Å². The molecule has 2 atom stereocenters. The Bertz CT molecular complexity index is 851. The van der Waals surface area contributed by atoms with Crippen LogP contribution in [0.1, 0.15) is 5.56 Å². The van der Waals surface area contributed by atoms with Gasteiger partial charge in [0.05, 0.1) is 12.1 Å². The van der Waals surface area contributed by atoms with E-state index < -0.39 is 24.2 Å². The molecule has 2 aromatic carbocycles. The second-order valence-electron chi connectivity index (χ2n) is 5.90. The second-order valence-corrected chi connectivity index (χ2v) is 6.30. The Morgan fingerprint density at radius 3 is 2.41 bits per heavy atom. The van der Waals surface area contributed by atoms with E-state index in [4.69, 9.17) is 30.9 Å². The number of hydrogen-bond donors (Lipinski definition) is 1. The Morgan fingerprint density at radius 1 is 1.22 bits per heavy atom. The lowest BCUT2D eigenvalue weighted by molar-refractivity contribution is -0.217. The van der Waals surface area contributed by atoms with E-state index in [2.05, 4.69) is 0 Å². The molecule has 0 aliphatic carbocycles. The Balaban J connectivity index is 1.91. The van der Waals surface area contributed by atoms with Gasteiger partial charge in [0, 0.05) is 6.07 Å². The molecule has 9 heteroatoms. The summed E-state index contributed by atoms with van der Waals surface area (Å²) in [5.74, 6) is -2.35. The average molecular weight is 403 g/mol. The lowest BCUT2D eigenvalue weighted by Crippen LogP contribution is -2.47. The fourth-order valence-corrected chi connectivity index (χ4v) is 2.99. The van der Waals surface area contributed by atoms with Crippen LogP contribution in [0.2, 0.25) is 5.02 Å². The molecule has 0 saturated heterocycles. The third kappa shape index (κ3) is 4.05. The number of methoxy groups -OCH3 is 1. The summed E-state index contributed by atoms with van der Waals surface area (Å²) >= 11 is 6.15. The number of rotatable bonds is 4. The van der Waals surface area contributed by atoms with Crippen molar-refractivity contribution in [3.05, 3.63) is 47.0 Å². The smallest absolute Gasteiger partial charge is 0.426 e. The molecule has 0 amide bonds. The molecule has 2 unspecified atom stereocenters. The number of carboxylic acids is 1. The van der Waals surface area contributed by atoms with Crippen LogP contribution < -0.4 is 14.2 Å². The van der Waals surface area contributed by atoms with Gasteiger partial charge in [0.2, 0.25) is 6.10 Å². The van der Waals surface area contributed by atoms with Gasteiger partial charge in [-0.3, -0.25) is 4.79 Å². The molecule has 0 radical (unpaired) electrons. The van der Waals surface area contributed by atoms with Crippen molar-refractivity contribution in [2.24, 2.45) is 5.92 Å². The van der Waals surface area contributed by atoms with Crippen LogP contribution in [0.15, 0.2) is 36.4 Å². The molecule has 0 aromatic heterocycles. The molecule has 1 aliphatic rings. The minimum absolute atomic E-state index is 0.0929. The van der Waals surface area contributed by atoms with Crippen molar-refractivity contribution in [2.75, 3.05) is 7.11 Å². The zero-order chi connectivity index (χ0) is 19.8. The second kappa shape index (κ2) is 7.19. The van der Waals surface area contributed by atoms with Crippen molar-refractivity contribution < 1.29 is 37.3 Å². The Hall–Kier alpha value is -2.61. The molecule has 3 rings (SSSR count). The number of halogens is 4. The van der Waals surface area contributed by atoms with Crippen LogP contribution in [0.4, 0.5) is 13.2 Å². The Morgan fingerprint density at radius 2 is 1.85 bits per heavy atom. The molecule has 0 saturated carbocycles. The van der Waals surface area contributed by atoms with Gasteiger partial charge in [-0.05, 0) is 42.3 Å². The minimum Gasteiger partial charge on any atom is -0.497 e. The van der Waals surface area contributed by atoms with Crippen LogP contribution >= 0.6 is 11.6 Å². The predicted molar refractivity (Wildman–Crippen MR) is 89.8 cm³/mol. The van der Waals surface area contributed by atoms with Crippen molar-refractivity contribution in [2.45, 2.75) is 18.7 Å². The van der Waals surface area contributed by atoms with Crippen molar-refractivity contribution in [1.82, 2.24) is 0 Å². The van der Waals surface area contributed by atoms with Gasteiger partial charge < -0.3 is 19.3 Å². The summed E-state index contributed by atoms with van der Waals surface area (Å²) in [6.45, 7) is 0. The maximum absolute atomic E-state index is 13.2. The first-order chi connectivity index (χ1) is 12.7. The SMILES string of the molecule is COc1ccc(Oc2cc3c(cc2Cl)CC(C(=O)O)C(C(F)(F)F)O3)cc1. The molecule has 0 spiro atoms. The highest BCUT2D eigenvalue weighted by molar-refractivity contribution is 6.32. The maximum Gasteiger partial charge on any atom is 0.426 e. The van der Waals surface area contributed by atoms with Gasteiger partial charge in [0.15, 0.2) is 0 Å². The zero-order valence-corrected chi connectivity index (χ0v) is 14.7. The lowest BCUT2D eigenvalue weighted by atomic mass is 9.90. The van der Waals surface area contributed by atoms with E-state index in [1.165, 1.54) is 19.2 Å². The van der Waals surface area contributed by atoms with Gasteiger partial charge in [0.1, 0.15) is 28.9 Å². The fraction of sp³-hybridized carbons (Fsp3) is 0.278. The monoisotopic (exact) mass is 402 g/mol. The normalized spacial score (nSPS) is 19.0. The fourth-order valence-electron chi connectivity index (χ4n) is 2.77. The Labute approximate surface area is 157 Å². The number of fused-ring (bicyclic) bond motifs is 1.